The van der Waals surface area contributed by atoms with E-state index in [1.807, 2.05) is 44.2 Å². The Kier molecular flexibility index (Phi) is 4.29. The first-order valence-electron chi connectivity index (χ1n) is 5.08. The Morgan fingerprint density at radius 1 is 1.06 bits per heavy atom. The molecule has 0 atom stereocenters. The maximum atomic E-state index is 5.69. The second-order valence-corrected chi connectivity index (χ2v) is 3.72. The van der Waals surface area contributed by atoms with Gasteiger partial charge in [-0.1, -0.05) is 6.07 Å². The molecule has 5 heteroatoms. The molecule has 17 heavy (non-hydrogen) atoms. The summed E-state index contributed by atoms with van der Waals surface area (Å²) < 4.78 is 0. The molecule has 3 N–H and O–H groups in total. The van der Waals surface area contributed by atoms with E-state index in [0.29, 0.717) is 5.95 Å². The number of anilines is 3. The lowest BCUT2D eigenvalue weighted by atomic mass is 10.3. The quantitative estimate of drug-likeness (QED) is 0.805. The predicted molar refractivity (Wildman–Crippen MR) is 72.9 cm³/mol. The summed E-state index contributed by atoms with van der Waals surface area (Å²) in [6, 6.07) is 9.44. The molecule has 0 radical (unpaired) electrons. The van der Waals surface area contributed by atoms with Gasteiger partial charge in [0.15, 0.2) is 0 Å². The van der Waals surface area contributed by atoms with Crippen molar-refractivity contribution in [2.24, 2.45) is 0 Å². The molecule has 0 spiro atoms. The molecule has 90 valence electrons. The van der Waals surface area contributed by atoms with E-state index in [2.05, 4.69) is 15.3 Å². The van der Waals surface area contributed by atoms with Crippen LogP contribution in [0.3, 0.4) is 0 Å². The third-order valence-electron chi connectivity index (χ3n) is 2.13. The van der Waals surface area contributed by atoms with Crippen LogP contribution in [-0.2, 0) is 0 Å². The first kappa shape index (κ1) is 13.3. The Bertz CT molecular complexity index is 493. The van der Waals surface area contributed by atoms with Gasteiger partial charge in [0.2, 0.25) is 5.95 Å². The number of rotatable bonds is 2. The van der Waals surface area contributed by atoms with Crippen molar-refractivity contribution in [3.63, 3.8) is 0 Å². The average molecular weight is 251 g/mol. The Labute approximate surface area is 107 Å². The highest BCUT2D eigenvalue weighted by atomic mass is 35.5. The second kappa shape index (κ2) is 5.50. The molecular formula is C12H15ClN4. The zero-order chi connectivity index (χ0) is 11.5. The number of nitrogens with one attached hydrogen (secondary N) is 1. The van der Waals surface area contributed by atoms with E-state index < -0.39 is 0 Å². The van der Waals surface area contributed by atoms with Gasteiger partial charge in [-0.15, -0.1) is 12.4 Å². The summed E-state index contributed by atoms with van der Waals surface area (Å²) in [6.07, 6.45) is 0. The first-order valence-corrected chi connectivity index (χ1v) is 5.08. The molecule has 1 aromatic heterocycles. The van der Waals surface area contributed by atoms with Crippen molar-refractivity contribution in [1.82, 2.24) is 9.97 Å². The molecule has 0 unspecified atom stereocenters. The zero-order valence-corrected chi connectivity index (χ0v) is 10.6. The van der Waals surface area contributed by atoms with Crippen LogP contribution in [-0.4, -0.2) is 9.97 Å². The van der Waals surface area contributed by atoms with Gasteiger partial charge in [-0.2, -0.15) is 0 Å². The lowest BCUT2D eigenvalue weighted by Gasteiger charge is -2.06. The predicted octanol–water partition coefficient (Wildman–Crippen LogP) is 2.84. The van der Waals surface area contributed by atoms with Crippen LogP contribution >= 0.6 is 12.4 Å². The van der Waals surface area contributed by atoms with Gasteiger partial charge < -0.3 is 11.1 Å². The van der Waals surface area contributed by atoms with E-state index in [9.17, 15) is 0 Å². The highest BCUT2D eigenvalue weighted by Crippen LogP contribution is 2.16. The number of halogens is 1. The third kappa shape index (κ3) is 3.60. The smallest absolute Gasteiger partial charge is 0.227 e. The van der Waals surface area contributed by atoms with Crippen LogP contribution < -0.4 is 11.1 Å². The number of aryl methyl sites for hydroxylation is 2. The van der Waals surface area contributed by atoms with E-state index >= 15 is 0 Å². The van der Waals surface area contributed by atoms with E-state index in [-0.39, 0.29) is 12.4 Å². The number of aromatic nitrogens is 2. The topological polar surface area (TPSA) is 63.8 Å². The Hall–Kier alpha value is -1.81. The van der Waals surface area contributed by atoms with Crippen LogP contribution in [0.15, 0.2) is 30.3 Å². The van der Waals surface area contributed by atoms with Crippen molar-refractivity contribution < 1.29 is 0 Å². The molecule has 0 aliphatic carbocycles. The number of benzene rings is 1. The Morgan fingerprint density at radius 3 is 2.29 bits per heavy atom. The van der Waals surface area contributed by atoms with Crippen molar-refractivity contribution >= 4 is 29.7 Å². The van der Waals surface area contributed by atoms with Crippen molar-refractivity contribution in [2.75, 3.05) is 11.1 Å². The summed E-state index contributed by atoms with van der Waals surface area (Å²) in [5, 5.41) is 3.12. The maximum Gasteiger partial charge on any atom is 0.227 e. The maximum absolute atomic E-state index is 5.69. The molecule has 0 saturated carbocycles. The van der Waals surface area contributed by atoms with Crippen LogP contribution in [0.4, 0.5) is 17.3 Å². The minimum Gasteiger partial charge on any atom is -0.399 e. The minimum atomic E-state index is 0. The molecule has 0 saturated heterocycles. The number of hydrogen-bond donors (Lipinski definition) is 2. The fourth-order valence-corrected chi connectivity index (χ4v) is 1.53. The highest BCUT2D eigenvalue weighted by molar-refractivity contribution is 5.85. The lowest BCUT2D eigenvalue weighted by Crippen LogP contribution is -2.00. The molecule has 2 rings (SSSR count). The van der Waals surface area contributed by atoms with Gasteiger partial charge in [0.25, 0.3) is 0 Å². The summed E-state index contributed by atoms with van der Waals surface area (Å²) in [6.45, 7) is 3.89. The van der Waals surface area contributed by atoms with Crippen LogP contribution in [0.25, 0.3) is 0 Å². The van der Waals surface area contributed by atoms with Gasteiger partial charge in [0.1, 0.15) is 0 Å². The molecule has 1 heterocycles. The van der Waals surface area contributed by atoms with Crippen molar-refractivity contribution in [1.29, 1.82) is 0 Å². The Morgan fingerprint density at radius 2 is 1.71 bits per heavy atom. The molecule has 0 aliphatic heterocycles. The van der Waals surface area contributed by atoms with Crippen LogP contribution in [0.2, 0.25) is 0 Å². The van der Waals surface area contributed by atoms with Crippen LogP contribution in [0.5, 0.6) is 0 Å². The van der Waals surface area contributed by atoms with Gasteiger partial charge >= 0.3 is 0 Å². The standard InChI is InChI=1S/C12H14N4.ClH/c1-8-6-9(2)15-12(14-8)16-11-5-3-4-10(13)7-11;/h3-7H,13H2,1-2H3,(H,14,15,16);1H. The summed E-state index contributed by atoms with van der Waals surface area (Å²) >= 11 is 0. The summed E-state index contributed by atoms with van der Waals surface area (Å²) in [5.74, 6) is 0.600. The van der Waals surface area contributed by atoms with E-state index in [0.717, 1.165) is 22.8 Å². The minimum absolute atomic E-state index is 0. The molecule has 0 bridgehead atoms. The van der Waals surface area contributed by atoms with Gasteiger partial charge in [0.05, 0.1) is 0 Å². The third-order valence-corrected chi connectivity index (χ3v) is 2.13. The molecule has 4 nitrogen and oxygen atoms in total. The highest BCUT2D eigenvalue weighted by Gasteiger charge is 2.00. The molecular weight excluding hydrogens is 236 g/mol. The molecule has 0 fully saturated rings. The lowest BCUT2D eigenvalue weighted by molar-refractivity contribution is 1.06. The molecule has 1 aromatic carbocycles. The molecule has 0 aliphatic rings. The number of nitrogens with zero attached hydrogens (tertiary/aromatic N) is 2. The van der Waals surface area contributed by atoms with Crippen molar-refractivity contribution in [2.45, 2.75) is 13.8 Å². The largest absolute Gasteiger partial charge is 0.399 e. The van der Waals surface area contributed by atoms with E-state index in [1.165, 1.54) is 0 Å². The number of nitrogen functional groups attached to an aromatic ring is 1. The van der Waals surface area contributed by atoms with Gasteiger partial charge in [-0.3, -0.25) is 0 Å². The first-order chi connectivity index (χ1) is 7.63. The van der Waals surface area contributed by atoms with Crippen molar-refractivity contribution in [3.05, 3.63) is 41.7 Å². The second-order valence-electron chi connectivity index (χ2n) is 3.72. The summed E-state index contributed by atoms with van der Waals surface area (Å²) in [5.41, 5.74) is 9.19. The number of nitrogens with two attached hydrogens (primary N) is 1. The molecule has 2 aromatic rings. The Balaban J connectivity index is 0.00000144. The van der Waals surface area contributed by atoms with E-state index in [1.54, 1.807) is 0 Å². The fourth-order valence-electron chi connectivity index (χ4n) is 1.53. The summed E-state index contributed by atoms with van der Waals surface area (Å²) in [7, 11) is 0. The van der Waals surface area contributed by atoms with E-state index in [4.69, 9.17) is 5.73 Å². The SMILES string of the molecule is Cc1cc(C)nc(Nc2cccc(N)c2)n1.Cl. The zero-order valence-electron chi connectivity index (χ0n) is 9.77. The molecule has 0 amide bonds. The van der Waals surface area contributed by atoms with Gasteiger partial charge in [0, 0.05) is 22.8 Å². The van der Waals surface area contributed by atoms with Crippen molar-refractivity contribution in [3.8, 4) is 0 Å². The normalized spacial score (nSPS) is 9.53. The summed E-state index contributed by atoms with van der Waals surface area (Å²) in [4.78, 5) is 8.59. The monoisotopic (exact) mass is 250 g/mol. The average Bonchev–Trinajstić information content (AvgIpc) is 2.15. The van der Waals surface area contributed by atoms with Crippen LogP contribution in [0.1, 0.15) is 11.4 Å². The van der Waals surface area contributed by atoms with Gasteiger partial charge in [-0.05, 0) is 38.1 Å². The fraction of sp³-hybridized carbons (Fsp3) is 0.167. The number of hydrogen-bond acceptors (Lipinski definition) is 4. The van der Waals surface area contributed by atoms with Crippen LogP contribution in [0, 0.1) is 13.8 Å². The van der Waals surface area contributed by atoms with Gasteiger partial charge in [-0.25, -0.2) is 9.97 Å².